The van der Waals surface area contributed by atoms with E-state index in [0.717, 1.165) is 25.9 Å². The highest BCUT2D eigenvalue weighted by molar-refractivity contribution is 5.66. The topological polar surface area (TPSA) is 96.6 Å². The summed E-state index contributed by atoms with van der Waals surface area (Å²) in [4.78, 5) is 27.0. The second-order valence-corrected chi connectivity index (χ2v) is 4.99. The summed E-state index contributed by atoms with van der Waals surface area (Å²) in [6, 6.07) is 2.86. The second-order valence-electron chi connectivity index (χ2n) is 4.99. The van der Waals surface area contributed by atoms with Crippen LogP contribution < -0.4 is 4.90 Å². The zero-order valence-corrected chi connectivity index (χ0v) is 11.1. The Balaban J connectivity index is 1.92. The maximum atomic E-state index is 10.7. The zero-order valence-electron chi connectivity index (χ0n) is 11.1. The van der Waals surface area contributed by atoms with Crippen molar-refractivity contribution in [2.75, 3.05) is 18.0 Å². The third-order valence-electron chi connectivity index (χ3n) is 3.64. The molecule has 0 amide bonds. The molecule has 0 unspecified atom stereocenters. The number of aliphatic carboxylic acids is 1. The summed E-state index contributed by atoms with van der Waals surface area (Å²) in [5.41, 5.74) is 0.0444. The van der Waals surface area contributed by atoms with E-state index in [2.05, 4.69) is 4.98 Å². The van der Waals surface area contributed by atoms with Gasteiger partial charge >= 0.3 is 5.97 Å². The van der Waals surface area contributed by atoms with E-state index < -0.39 is 10.9 Å². The Morgan fingerprint density at radius 2 is 2.20 bits per heavy atom. The van der Waals surface area contributed by atoms with Gasteiger partial charge in [-0.15, -0.1) is 0 Å². The van der Waals surface area contributed by atoms with Gasteiger partial charge in [-0.25, -0.2) is 4.98 Å². The van der Waals surface area contributed by atoms with Gasteiger partial charge in [0.25, 0.3) is 5.69 Å². The van der Waals surface area contributed by atoms with E-state index in [0.29, 0.717) is 18.2 Å². The molecule has 0 atom stereocenters. The summed E-state index contributed by atoms with van der Waals surface area (Å²) < 4.78 is 0. The number of carboxylic acids is 1. The van der Waals surface area contributed by atoms with Gasteiger partial charge in [0, 0.05) is 31.8 Å². The minimum atomic E-state index is -0.757. The minimum absolute atomic E-state index is 0.0444. The standard InChI is InChI=1S/C13H17N3O4/c17-13(18)2-1-10-4-7-15(8-5-10)12-9-11(16(19)20)3-6-14-12/h3,6,9-10H,1-2,4-5,7-8H2,(H,17,18). The number of aromatic nitrogens is 1. The van der Waals surface area contributed by atoms with Gasteiger partial charge in [-0.3, -0.25) is 14.9 Å². The summed E-state index contributed by atoms with van der Waals surface area (Å²) >= 11 is 0. The fraction of sp³-hybridized carbons (Fsp3) is 0.538. The molecular formula is C13H17N3O4. The van der Waals surface area contributed by atoms with Crippen molar-refractivity contribution in [2.24, 2.45) is 5.92 Å². The molecule has 1 aliphatic heterocycles. The third kappa shape index (κ3) is 3.66. The van der Waals surface area contributed by atoms with Crippen molar-refractivity contribution in [1.29, 1.82) is 0 Å². The monoisotopic (exact) mass is 279 g/mol. The number of hydrogen-bond donors (Lipinski definition) is 1. The molecule has 1 aliphatic rings. The first-order chi connectivity index (χ1) is 9.56. The van der Waals surface area contributed by atoms with E-state index in [1.807, 2.05) is 4.90 Å². The molecule has 1 N–H and O–H groups in total. The van der Waals surface area contributed by atoms with E-state index in [9.17, 15) is 14.9 Å². The van der Waals surface area contributed by atoms with Crippen molar-refractivity contribution >= 4 is 17.5 Å². The Labute approximate surface area is 116 Å². The molecule has 0 radical (unpaired) electrons. The van der Waals surface area contributed by atoms with Gasteiger partial charge in [-0.2, -0.15) is 0 Å². The maximum absolute atomic E-state index is 10.7. The smallest absolute Gasteiger partial charge is 0.303 e. The lowest BCUT2D eigenvalue weighted by Crippen LogP contribution is -2.34. The van der Waals surface area contributed by atoms with Crippen LogP contribution in [-0.4, -0.2) is 34.1 Å². The summed E-state index contributed by atoms with van der Waals surface area (Å²) in [5, 5.41) is 19.4. The molecule has 0 saturated carbocycles. The van der Waals surface area contributed by atoms with Crippen molar-refractivity contribution in [1.82, 2.24) is 4.98 Å². The van der Waals surface area contributed by atoms with Gasteiger partial charge < -0.3 is 10.0 Å². The molecule has 1 aromatic rings. The number of nitro groups is 1. The van der Waals surface area contributed by atoms with Gasteiger partial charge in [0.05, 0.1) is 11.0 Å². The number of anilines is 1. The first kappa shape index (κ1) is 14.2. The van der Waals surface area contributed by atoms with E-state index >= 15 is 0 Å². The van der Waals surface area contributed by atoms with Crippen LogP contribution >= 0.6 is 0 Å². The molecule has 0 aromatic carbocycles. The number of carbonyl (C=O) groups is 1. The number of pyridine rings is 1. The average molecular weight is 279 g/mol. The molecule has 108 valence electrons. The van der Waals surface area contributed by atoms with Crippen LogP contribution in [0.25, 0.3) is 0 Å². The number of rotatable bonds is 5. The van der Waals surface area contributed by atoms with Crippen molar-refractivity contribution in [3.05, 3.63) is 28.4 Å². The van der Waals surface area contributed by atoms with Crippen LogP contribution in [-0.2, 0) is 4.79 Å². The molecule has 0 bridgehead atoms. The zero-order chi connectivity index (χ0) is 14.5. The Morgan fingerprint density at radius 3 is 2.80 bits per heavy atom. The lowest BCUT2D eigenvalue weighted by molar-refractivity contribution is -0.384. The van der Waals surface area contributed by atoms with Gasteiger partial charge in [0.1, 0.15) is 5.82 Å². The fourth-order valence-corrected chi connectivity index (χ4v) is 2.47. The third-order valence-corrected chi connectivity index (χ3v) is 3.64. The van der Waals surface area contributed by atoms with Crippen LogP contribution in [0.4, 0.5) is 11.5 Å². The molecule has 1 fully saturated rings. The highest BCUT2D eigenvalue weighted by Crippen LogP contribution is 2.26. The second kappa shape index (κ2) is 6.31. The Morgan fingerprint density at radius 1 is 1.50 bits per heavy atom. The SMILES string of the molecule is O=C(O)CCC1CCN(c2cc([N+](=O)[O-])ccn2)CC1. The summed E-state index contributed by atoms with van der Waals surface area (Å²) in [7, 11) is 0. The molecule has 1 aromatic heterocycles. The van der Waals surface area contributed by atoms with Crippen molar-refractivity contribution in [3.63, 3.8) is 0 Å². The molecular weight excluding hydrogens is 262 g/mol. The Bertz CT molecular complexity index is 498. The van der Waals surface area contributed by atoms with Crippen LogP contribution in [0.5, 0.6) is 0 Å². The predicted octanol–water partition coefficient (Wildman–Crippen LogP) is 2.07. The summed E-state index contributed by atoms with van der Waals surface area (Å²) in [5.74, 6) is 0.282. The fourth-order valence-electron chi connectivity index (χ4n) is 2.47. The molecule has 2 heterocycles. The lowest BCUT2D eigenvalue weighted by Gasteiger charge is -2.32. The van der Waals surface area contributed by atoms with Crippen LogP contribution in [0.3, 0.4) is 0 Å². The molecule has 2 rings (SSSR count). The summed E-state index contributed by atoms with van der Waals surface area (Å²) in [6.45, 7) is 1.52. The van der Waals surface area contributed by atoms with Crippen molar-refractivity contribution in [2.45, 2.75) is 25.7 Å². The van der Waals surface area contributed by atoms with Crippen LogP contribution in [0.15, 0.2) is 18.3 Å². The summed E-state index contributed by atoms with van der Waals surface area (Å²) in [6.07, 6.45) is 4.16. The Hall–Kier alpha value is -2.18. The number of piperidine rings is 1. The van der Waals surface area contributed by atoms with E-state index in [1.165, 1.54) is 18.3 Å². The molecule has 7 heteroatoms. The number of nitrogens with zero attached hydrogens (tertiary/aromatic N) is 3. The highest BCUT2D eigenvalue weighted by Gasteiger charge is 2.21. The quantitative estimate of drug-likeness (QED) is 0.654. The molecule has 20 heavy (non-hydrogen) atoms. The maximum Gasteiger partial charge on any atom is 0.303 e. The van der Waals surface area contributed by atoms with E-state index in [-0.39, 0.29) is 12.1 Å². The van der Waals surface area contributed by atoms with Gasteiger partial charge in [0.15, 0.2) is 0 Å². The Kier molecular flexibility index (Phi) is 4.49. The normalized spacial score (nSPS) is 16.1. The molecule has 1 saturated heterocycles. The van der Waals surface area contributed by atoms with Gasteiger partial charge in [-0.1, -0.05) is 0 Å². The first-order valence-corrected chi connectivity index (χ1v) is 6.63. The van der Waals surface area contributed by atoms with Crippen LogP contribution in [0, 0.1) is 16.0 Å². The lowest BCUT2D eigenvalue weighted by atomic mass is 9.92. The molecule has 7 nitrogen and oxygen atoms in total. The number of hydrogen-bond acceptors (Lipinski definition) is 5. The largest absolute Gasteiger partial charge is 0.481 e. The van der Waals surface area contributed by atoms with Crippen molar-refractivity contribution < 1.29 is 14.8 Å². The van der Waals surface area contributed by atoms with Crippen LogP contribution in [0.1, 0.15) is 25.7 Å². The number of carboxylic acid groups (broad SMARTS) is 1. The first-order valence-electron chi connectivity index (χ1n) is 6.63. The van der Waals surface area contributed by atoms with Gasteiger partial charge in [-0.05, 0) is 25.2 Å². The molecule has 0 spiro atoms. The minimum Gasteiger partial charge on any atom is -0.481 e. The predicted molar refractivity (Wildman–Crippen MR) is 72.7 cm³/mol. The molecule has 0 aliphatic carbocycles. The van der Waals surface area contributed by atoms with E-state index in [4.69, 9.17) is 5.11 Å². The van der Waals surface area contributed by atoms with Gasteiger partial charge in [0.2, 0.25) is 0 Å². The van der Waals surface area contributed by atoms with E-state index in [1.54, 1.807) is 0 Å². The highest BCUT2D eigenvalue weighted by atomic mass is 16.6. The average Bonchev–Trinajstić information content (AvgIpc) is 2.46. The van der Waals surface area contributed by atoms with Crippen molar-refractivity contribution in [3.8, 4) is 0 Å². The van der Waals surface area contributed by atoms with Crippen LogP contribution in [0.2, 0.25) is 0 Å².